The summed E-state index contributed by atoms with van der Waals surface area (Å²) in [5, 5.41) is 12.0. The number of hydrogen-bond donors (Lipinski definition) is 2. The molecule has 2 N–H and O–H groups in total. The quantitative estimate of drug-likeness (QED) is 0.385. The van der Waals surface area contributed by atoms with E-state index in [1.165, 1.54) is 0 Å². The normalized spacial score (nSPS) is 12.5. The van der Waals surface area contributed by atoms with Gasteiger partial charge in [0.15, 0.2) is 0 Å². The Hall–Kier alpha value is -1.93. The van der Waals surface area contributed by atoms with Crippen molar-refractivity contribution in [2.45, 2.75) is 41.0 Å². The lowest BCUT2D eigenvalue weighted by atomic mass is 9.88. The number of amides is 3. The van der Waals surface area contributed by atoms with E-state index in [0.717, 1.165) is 4.90 Å². The second kappa shape index (κ2) is 12.5. The Kier molecular flexibility index (Phi) is 11.7. The number of hydrogen-bond acceptors (Lipinski definition) is 5. The first kappa shape index (κ1) is 26.1. The highest BCUT2D eigenvalue weighted by Gasteiger charge is 2.35. The molecule has 0 aromatic rings. The highest BCUT2D eigenvalue weighted by molar-refractivity contribution is 6.01. The number of aliphatic carboxylic acids is 1. The van der Waals surface area contributed by atoms with Crippen LogP contribution in [0.3, 0.4) is 0 Å². The lowest BCUT2D eigenvalue weighted by Crippen LogP contribution is -2.50. The fourth-order valence-electron chi connectivity index (χ4n) is 2.49. The van der Waals surface area contributed by atoms with Gasteiger partial charge in [0.25, 0.3) is 0 Å². The maximum Gasteiger partial charge on any atom is 0.331 e. The number of ether oxygens (including phenoxy) is 2. The average molecular weight is 401 g/mol. The van der Waals surface area contributed by atoms with Crippen molar-refractivity contribution in [3.05, 3.63) is 12.2 Å². The van der Waals surface area contributed by atoms with Crippen LogP contribution in [0, 0.1) is 17.3 Å². The molecule has 0 saturated carbocycles. The van der Waals surface area contributed by atoms with E-state index in [0.29, 0.717) is 19.6 Å². The van der Waals surface area contributed by atoms with E-state index in [4.69, 9.17) is 9.47 Å². The number of nitrogens with zero attached hydrogens (tertiary/aromatic N) is 1. The number of carbonyl (C=O) groups is 3. The fraction of sp³-hybridized carbons (Fsp3) is 0.750. The van der Waals surface area contributed by atoms with E-state index >= 15 is 0 Å². The molecule has 8 nitrogen and oxygen atoms in total. The van der Waals surface area contributed by atoms with E-state index in [1.807, 2.05) is 34.6 Å². The van der Waals surface area contributed by atoms with Crippen LogP contribution in [-0.4, -0.2) is 67.9 Å². The molecule has 0 aromatic heterocycles. The van der Waals surface area contributed by atoms with Gasteiger partial charge in [0, 0.05) is 25.8 Å². The van der Waals surface area contributed by atoms with Crippen LogP contribution in [0.15, 0.2) is 12.2 Å². The van der Waals surface area contributed by atoms with Gasteiger partial charge in [0.2, 0.25) is 5.91 Å². The number of imide groups is 1. The van der Waals surface area contributed by atoms with Gasteiger partial charge >= 0.3 is 12.0 Å². The van der Waals surface area contributed by atoms with Crippen molar-refractivity contribution in [3.63, 3.8) is 0 Å². The summed E-state index contributed by atoms with van der Waals surface area (Å²) in [4.78, 5) is 38.3. The predicted octanol–water partition coefficient (Wildman–Crippen LogP) is 2.54. The van der Waals surface area contributed by atoms with Crippen LogP contribution in [0.5, 0.6) is 0 Å². The Balaban J connectivity index is 5.27. The van der Waals surface area contributed by atoms with Crippen LogP contribution in [0.4, 0.5) is 4.79 Å². The molecule has 0 aliphatic heterocycles. The van der Waals surface area contributed by atoms with Crippen molar-refractivity contribution < 1.29 is 29.0 Å². The second-order valence-corrected chi connectivity index (χ2v) is 8.33. The van der Waals surface area contributed by atoms with E-state index < -0.39 is 23.8 Å². The molecule has 0 spiro atoms. The molecule has 0 rings (SSSR count). The van der Waals surface area contributed by atoms with Gasteiger partial charge in [-0.2, -0.15) is 0 Å². The van der Waals surface area contributed by atoms with Crippen molar-refractivity contribution in [2.75, 3.05) is 40.0 Å². The molecule has 162 valence electrons. The molecule has 28 heavy (non-hydrogen) atoms. The summed E-state index contributed by atoms with van der Waals surface area (Å²) >= 11 is 0. The Labute approximate surface area is 168 Å². The third-order valence-electron chi connectivity index (χ3n) is 3.80. The molecule has 0 aromatic carbocycles. The van der Waals surface area contributed by atoms with Crippen LogP contribution in [-0.2, 0) is 19.1 Å². The molecule has 0 radical (unpaired) electrons. The number of carbonyl (C=O) groups excluding carboxylic acids is 2. The first-order valence-electron chi connectivity index (χ1n) is 9.48. The van der Waals surface area contributed by atoms with Gasteiger partial charge in [-0.3, -0.25) is 9.69 Å². The molecule has 1 atom stereocenters. The number of nitrogens with one attached hydrogen (secondary N) is 1. The summed E-state index contributed by atoms with van der Waals surface area (Å²) in [5.74, 6) is -2.67. The van der Waals surface area contributed by atoms with E-state index in [-0.39, 0.29) is 36.6 Å². The zero-order chi connectivity index (χ0) is 21.9. The topological polar surface area (TPSA) is 105 Å². The van der Waals surface area contributed by atoms with Crippen LogP contribution < -0.4 is 5.32 Å². The number of rotatable bonds is 12. The van der Waals surface area contributed by atoms with Crippen LogP contribution >= 0.6 is 0 Å². The predicted molar refractivity (Wildman–Crippen MR) is 107 cm³/mol. The largest absolute Gasteiger partial charge is 0.478 e. The van der Waals surface area contributed by atoms with Crippen molar-refractivity contribution in [1.29, 1.82) is 0 Å². The molecule has 0 fully saturated rings. The fourth-order valence-corrected chi connectivity index (χ4v) is 2.49. The van der Waals surface area contributed by atoms with Gasteiger partial charge in [-0.1, -0.05) is 41.2 Å². The molecular weight excluding hydrogens is 364 g/mol. The highest BCUT2D eigenvalue weighted by atomic mass is 16.5. The standard InChI is InChI=1S/C20H36N2O6/c1-14(2)12-16(15(3)18(24)25)17(23)22(13-20(4,5)6)19(26)21-8-9-28-11-10-27-7/h14,16H,3,8-13H2,1-2,4-7H3,(H,21,26)(H,24,25). The van der Waals surface area contributed by atoms with Crippen LogP contribution in [0.2, 0.25) is 0 Å². The zero-order valence-electron chi connectivity index (χ0n) is 18.0. The SMILES string of the molecule is C=C(C(=O)O)C(CC(C)C)C(=O)N(CC(C)(C)C)C(=O)NCCOCCOC. The Bertz CT molecular complexity index is 539. The van der Waals surface area contributed by atoms with Gasteiger partial charge in [0.1, 0.15) is 0 Å². The second-order valence-electron chi connectivity index (χ2n) is 8.33. The minimum atomic E-state index is -1.23. The van der Waals surface area contributed by atoms with Crippen molar-refractivity contribution in [1.82, 2.24) is 10.2 Å². The summed E-state index contributed by atoms with van der Waals surface area (Å²) in [5.41, 5.74) is -0.553. The monoisotopic (exact) mass is 400 g/mol. The molecule has 8 heteroatoms. The molecule has 0 aliphatic rings. The van der Waals surface area contributed by atoms with Gasteiger partial charge in [-0.05, 0) is 17.8 Å². The van der Waals surface area contributed by atoms with Crippen molar-refractivity contribution in [2.24, 2.45) is 17.3 Å². The number of carboxylic acid groups (broad SMARTS) is 1. The summed E-state index contributed by atoms with van der Waals surface area (Å²) < 4.78 is 10.2. The minimum Gasteiger partial charge on any atom is -0.478 e. The van der Waals surface area contributed by atoms with Crippen molar-refractivity contribution >= 4 is 17.9 Å². The Morgan fingerprint density at radius 1 is 1.14 bits per heavy atom. The Morgan fingerprint density at radius 3 is 2.21 bits per heavy atom. The van der Waals surface area contributed by atoms with Gasteiger partial charge < -0.3 is 19.9 Å². The van der Waals surface area contributed by atoms with Gasteiger partial charge in [-0.25, -0.2) is 9.59 Å². The molecule has 0 heterocycles. The van der Waals surface area contributed by atoms with Crippen LogP contribution in [0.1, 0.15) is 41.0 Å². The maximum absolute atomic E-state index is 13.1. The van der Waals surface area contributed by atoms with Gasteiger partial charge in [-0.15, -0.1) is 0 Å². The molecule has 1 unspecified atom stereocenters. The van der Waals surface area contributed by atoms with Crippen LogP contribution in [0.25, 0.3) is 0 Å². The molecule has 0 aliphatic carbocycles. The van der Waals surface area contributed by atoms with E-state index in [2.05, 4.69) is 11.9 Å². The molecular formula is C20H36N2O6. The Morgan fingerprint density at radius 2 is 1.75 bits per heavy atom. The van der Waals surface area contributed by atoms with Crippen molar-refractivity contribution in [3.8, 4) is 0 Å². The summed E-state index contributed by atoms with van der Waals surface area (Å²) in [6.45, 7) is 14.6. The average Bonchev–Trinajstić information content (AvgIpc) is 2.58. The summed E-state index contributed by atoms with van der Waals surface area (Å²) in [6.07, 6.45) is 0.304. The van der Waals surface area contributed by atoms with E-state index in [1.54, 1.807) is 7.11 Å². The van der Waals surface area contributed by atoms with Gasteiger partial charge in [0.05, 0.1) is 25.7 Å². The maximum atomic E-state index is 13.1. The third-order valence-corrected chi connectivity index (χ3v) is 3.80. The lowest BCUT2D eigenvalue weighted by molar-refractivity contribution is -0.138. The first-order valence-corrected chi connectivity index (χ1v) is 9.48. The zero-order valence-corrected chi connectivity index (χ0v) is 18.0. The molecule has 0 bridgehead atoms. The number of urea groups is 1. The molecule has 3 amide bonds. The minimum absolute atomic E-state index is 0.0683. The number of carboxylic acids is 1. The third kappa shape index (κ3) is 10.4. The first-order chi connectivity index (χ1) is 12.9. The lowest BCUT2D eigenvalue weighted by Gasteiger charge is -2.32. The number of methoxy groups -OCH3 is 1. The summed E-state index contributed by atoms with van der Waals surface area (Å²) in [7, 11) is 1.57. The smallest absolute Gasteiger partial charge is 0.331 e. The summed E-state index contributed by atoms with van der Waals surface area (Å²) in [6, 6.07) is -0.567. The molecule has 0 saturated heterocycles. The van der Waals surface area contributed by atoms with E-state index in [9.17, 15) is 19.5 Å². The highest BCUT2D eigenvalue weighted by Crippen LogP contribution is 2.24.